The van der Waals surface area contributed by atoms with E-state index in [9.17, 15) is 19.1 Å². The van der Waals surface area contributed by atoms with Crippen LogP contribution in [-0.4, -0.2) is 48.1 Å². The summed E-state index contributed by atoms with van der Waals surface area (Å²) in [7, 11) is 1.50. The molecule has 7 nitrogen and oxygen atoms in total. The van der Waals surface area contributed by atoms with E-state index in [0.29, 0.717) is 47.8 Å². The first-order chi connectivity index (χ1) is 16.7. The molecule has 0 atom stereocenters. The Morgan fingerprint density at radius 3 is 2.51 bits per heavy atom. The Hall–Kier alpha value is -3.20. The minimum atomic E-state index is -0.733. The van der Waals surface area contributed by atoms with Crippen LogP contribution in [-0.2, 0) is 0 Å². The fraction of sp³-hybridized carbons (Fsp3) is 0.240. The van der Waals surface area contributed by atoms with Crippen molar-refractivity contribution in [1.82, 2.24) is 4.98 Å². The van der Waals surface area contributed by atoms with E-state index >= 15 is 0 Å². The maximum atomic E-state index is 14.5. The Bertz CT molecular complexity index is 1280. The lowest BCUT2D eigenvalue weighted by Gasteiger charge is -2.34. The molecule has 2 aromatic carbocycles. The lowest BCUT2D eigenvalue weighted by Crippen LogP contribution is -2.38. The summed E-state index contributed by atoms with van der Waals surface area (Å²) in [6.07, 6.45) is 2.19. The van der Waals surface area contributed by atoms with Crippen LogP contribution in [0.1, 0.15) is 33.6 Å². The number of aromatic nitrogens is 1. The molecular weight excluding hydrogens is 494 g/mol. The van der Waals surface area contributed by atoms with Gasteiger partial charge in [-0.2, -0.15) is 0 Å². The predicted octanol–water partition coefficient (Wildman–Crippen LogP) is 4.53. The Morgan fingerprint density at radius 1 is 1.14 bits per heavy atom. The zero-order valence-electron chi connectivity index (χ0n) is 18.8. The quantitative estimate of drug-likeness (QED) is 0.518. The standard InChI is InChI=1S/C25H23Cl2FN4O3/c1-31(25(35)22-19(27)3-2-4-20(22)28)24-21(32-9-7-16(33)8-10-32)12-15(13-30-24)17-11-14(23(29)34)5-6-18(17)26/h2-6,11-13,16,33H,7-10H2,1H3,(H2,29,34). The third-order valence-electron chi connectivity index (χ3n) is 6.01. The van der Waals surface area contributed by atoms with Gasteiger partial charge in [-0.1, -0.05) is 29.3 Å². The number of hydrogen-bond acceptors (Lipinski definition) is 5. The second kappa shape index (κ2) is 10.2. The zero-order valence-corrected chi connectivity index (χ0v) is 20.4. The molecule has 182 valence electrons. The van der Waals surface area contributed by atoms with Crippen LogP contribution < -0.4 is 15.5 Å². The van der Waals surface area contributed by atoms with Crippen LogP contribution in [0.2, 0.25) is 10.0 Å². The highest BCUT2D eigenvalue weighted by molar-refractivity contribution is 6.34. The van der Waals surface area contributed by atoms with Crippen LogP contribution in [0, 0.1) is 5.82 Å². The highest BCUT2D eigenvalue weighted by atomic mass is 35.5. The molecule has 2 heterocycles. The molecule has 0 saturated carbocycles. The Morgan fingerprint density at radius 2 is 1.86 bits per heavy atom. The van der Waals surface area contributed by atoms with Gasteiger partial charge in [0.1, 0.15) is 5.82 Å². The maximum absolute atomic E-state index is 14.5. The highest BCUT2D eigenvalue weighted by Gasteiger charge is 2.27. The number of rotatable bonds is 5. The number of nitrogens with zero attached hydrogens (tertiary/aromatic N) is 3. The summed E-state index contributed by atoms with van der Waals surface area (Å²) in [4.78, 5) is 32.7. The van der Waals surface area contributed by atoms with Gasteiger partial charge in [0.05, 0.1) is 22.4 Å². The number of hydrogen-bond donors (Lipinski definition) is 2. The third-order valence-corrected chi connectivity index (χ3v) is 6.66. The third kappa shape index (κ3) is 5.10. The van der Waals surface area contributed by atoms with Gasteiger partial charge in [-0.3, -0.25) is 14.5 Å². The number of pyridine rings is 1. The Kier molecular flexibility index (Phi) is 7.25. The molecule has 4 rings (SSSR count). The van der Waals surface area contributed by atoms with Gasteiger partial charge in [0.15, 0.2) is 5.82 Å². The highest BCUT2D eigenvalue weighted by Crippen LogP contribution is 2.37. The number of anilines is 2. The van der Waals surface area contributed by atoms with E-state index in [1.807, 2.05) is 4.90 Å². The van der Waals surface area contributed by atoms with E-state index in [4.69, 9.17) is 28.9 Å². The number of amides is 2. The minimum absolute atomic E-state index is 0.00355. The molecule has 1 fully saturated rings. The largest absolute Gasteiger partial charge is 0.393 e. The second-order valence-corrected chi connectivity index (χ2v) is 9.12. The average Bonchev–Trinajstić information content (AvgIpc) is 2.83. The first kappa shape index (κ1) is 24.9. The molecule has 0 radical (unpaired) electrons. The molecule has 1 aliphatic heterocycles. The molecule has 1 saturated heterocycles. The van der Waals surface area contributed by atoms with E-state index in [1.165, 1.54) is 42.4 Å². The van der Waals surface area contributed by atoms with Crippen LogP contribution in [0.5, 0.6) is 0 Å². The van der Waals surface area contributed by atoms with E-state index < -0.39 is 23.7 Å². The summed E-state index contributed by atoms with van der Waals surface area (Å²) < 4.78 is 14.5. The number of aliphatic hydroxyl groups excluding tert-OH is 1. The number of carbonyl (C=O) groups is 2. The summed E-state index contributed by atoms with van der Waals surface area (Å²) in [6.45, 7) is 1.05. The lowest BCUT2D eigenvalue weighted by atomic mass is 10.0. The van der Waals surface area contributed by atoms with Crippen molar-refractivity contribution >= 4 is 46.5 Å². The van der Waals surface area contributed by atoms with E-state index in [2.05, 4.69) is 4.98 Å². The van der Waals surface area contributed by atoms with Gasteiger partial charge in [0.2, 0.25) is 5.91 Å². The SMILES string of the molecule is CN(C(=O)c1c(F)cccc1Cl)c1ncc(-c2cc(C(N)=O)ccc2Cl)cc1N1CCC(O)CC1. The number of aliphatic hydroxyl groups is 1. The molecule has 10 heteroatoms. The summed E-state index contributed by atoms with van der Waals surface area (Å²) in [5, 5.41) is 10.4. The smallest absolute Gasteiger partial charge is 0.263 e. The lowest BCUT2D eigenvalue weighted by molar-refractivity contribution is 0.0984. The van der Waals surface area contributed by atoms with Crippen molar-refractivity contribution in [3.05, 3.63) is 75.7 Å². The summed E-state index contributed by atoms with van der Waals surface area (Å²) >= 11 is 12.5. The van der Waals surface area contributed by atoms with Gasteiger partial charge < -0.3 is 15.7 Å². The number of benzene rings is 2. The van der Waals surface area contributed by atoms with E-state index in [-0.39, 0.29) is 22.0 Å². The molecule has 1 aromatic heterocycles. The molecule has 3 aromatic rings. The van der Waals surface area contributed by atoms with Gasteiger partial charge in [-0.05, 0) is 49.2 Å². The molecule has 35 heavy (non-hydrogen) atoms. The van der Waals surface area contributed by atoms with Gasteiger partial charge >= 0.3 is 0 Å². The van der Waals surface area contributed by atoms with Crippen LogP contribution in [0.4, 0.5) is 15.9 Å². The number of primary amides is 1. The fourth-order valence-electron chi connectivity index (χ4n) is 4.06. The fourth-order valence-corrected chi connectivity index (χ4v) is 4.53. The van der Waals surface area contributed by atoms with Crippen LogP contribution in [0.15, 0.2) is 48.7 Å². The van der Waals surface area contributed by atoms with Crippen LogP contribution in [0.3, 0.4) is 0 Å². The van der Waals surface area contributed by atoms with Crippen molar-refractivity contribution in [2.45, 2.75) is 18.9 Å². The molecule has 1 aliphatic rings. The zero-order chi connectivity index (χ0) is 25.3. The summed E-state index contributed by atoms with van der Waals surface area (Å²) in [5.41, 5.74) is 7.22. The van der Waals surface area contributed by atoms with Crippen molar-refractivity contribution < 1.29 is 19.1 Å². The first-order valence-corrected chi connectivity index (χ1v) is 11.7. The molecule has 0 spiro atoms. The predicted molar refractivity (Wildman–Crippen MR) is 135 cm³/mol. The van der Waals surface area contributed by atoms with Crippen molar-refractivity contribution in [2.75, 3.05) is 29.9 Å². The average molecular weight is 517 g/mol. The molecule has 3 N–H and O–H groups in total. The maximum Gasteiger partial charge on any atom is 0.263 e. The molecule has 2 amide bonds. The minimum Gasteiger partial charge on any atom is -0.393 e. The number of piperidine rings is 1. The van der Waals surface area contributed by atoms with Gasteiger partial charge in [-0.15, -0.1) is 0 Å². The van der Waals surface area contributed by atoms with Gasteiger partial charge in [-0.25, -0.2) is 9.37 Å². The Balaban J connectivity index is 1.81. The monoisotopic (exact) mass is 516 g/mol. The van der Waals surface area contributed by atoms with Gasteiger partial charge in [0.25, 0.3) is 5.91 Å². The van der Waals surface area contributed by atoms with Gasteiger partial charge in [0, 0.05) is 48.0 Å². The van der Waals surface area contributed by atoms with Crippen molar-refractivity contribution in [2.24, 2.45) is 5.73 Å². The second-order valence-electron chi connectivity index (χ2n) is 8.30. The number of carbonyl (C=O) groups excluding carboxylic acids is 2. The normalized spacial score (nSPS) is 14.1. The van der Waals surface area contributed by atoms with Crippen molar-refractivity contribution in [1.29, 1.82) is 0 Å². The number of halogens is 3. The van der Waals surface area contributed by atoms with Crippen LogP contribution in [0.25, 0.3) is 11.1 Å². The summed E-state index contributed by atoms with van der Waals surface area (Å²) in [6, 6.07) is 10.5. The molecule has 0 bridgehead atoms. The van der Waals surface area contributed by atoms with E-state index in [0.717, 1.165) is 0 Å². The molecule has 0 aliphatic carbocycles. The van der Waals surface area contributed by atoms with E-state index in [1.54, 1.807) is 18.2 Å². The molecule has 0 unspecified atom stereocenters. The van der Waals surface area contributed by atoms with Crippen LogP contribution >= 0.6 is 23.2 Å². The summed E-state index contributed by atoms with van der Waals surface area (Å²) in [5.74, 6) is -1.69. The molecular formula is C25H23Cl2FN4O3. The topological polar surface area (TPSA) is 99.8 Å². The van der Waals surface area contributed by atoms with Crippen molar-refractivity contribution in [3.63, 3.8) is 0 Å². The first-order valence-electron chi connectivity index (χ1n) is 10.9. The number of nitrogens with two attached hydrogens (primary N) is 1. The Labute approximate surface area is 211 Å². The van der Waals surface area contributed by atoms with Crippen molar-refractivity contribution in [3.8, 4) is 11.1 Å².